The van der Waals surface area contributed by atoms with Gasteiger partial charge in [0.05, 0.1) is 16.3 Å². The number of anilines is 1. The van der Waals surface area contributed by atoms with E-state index in [4.69, 9.17) is 26.0 Å². The number of carbonyl (C=O) groups excluding carboxylic acids is 1. The number of carboxylic acid groups (broad SMARTS) is 1. The van der Waals surface area contributed by atoms with Crippen LogP contribution in [0.15, 0.2) is 28.8 Å². The number of carbonyl (C=O) groups is 2. The normalized spacial score (nSPS) is 10.2. The average molecular weight is 311 g/mol. The standard InChI is InChI=1S/C13H11ClN2O5/c1-7-4-12(16-21-7)20-6-11(17)15-10-3-2-8(13(18)19)5-9(10)14/h2-5H,6H2,1H3,(H,15,17)(H,18,19). The molecule has 1 heterocycles. The predicted octanol–water partition coefficient (Wildman–Crippen LogP) is 2.35. The first-order valence-electron chi connectivity index (χ1n) is 5.84. The number of hydrogen-bond donors (Lipinski definition) is 2. The topological polar surface area (TPSA) is 102 Å². The summed E-state index contributed by atoms with van der Waals surface area (Å²) >= 11 is 5.89. The number of benzene rings is 1. The zero-order valence-electron chi connectivity index (χ0n) is 10.9. The second kappa shape index (κ2) is 6.27. The number of nitrogens with one attached hydrogen (secondary N) is 1. The van der Waals surface area contributed by atoms with Gasteiger partial charge in [0.25, 0.3) is 11.8 Å². The molecule has 1 amide bonds. The van der Waals surface area contributed by atoms with Crippen LogP contribution in [-0.2, 0) is 4.79 Å². The highest BCUT2D eigenvalue weighted by molar-refractivity contribution is 6.34. The number of aryl methyl sites for hydroxylation is 1. The van der Waals surface area contributed by atoms with Gasteiger partial charge in [-0.05, 0) is 30.3 Å². The van der Waals surface area contributed by atoms with Gasteiger partial charge < -0.3 is 19.7 Å². The summed E-state index contributed by atoms with van der Waals surface area (Å²) in [5.74, 6) is -0.784. The quantitative estimate of drug-likeness (QED) is 0.879. The number of carboxylic acids is 1. The molecular formula is C13H11ClN2O5. The van der Waals surface area contributed by atoms with Gasteiger partial charge in [-0.25, -0.2) is 4.79 Å². The number of aromatic nitrogens is 1. The maximum Gasteiger partial charge on any atom is 0.335 e. The van der Waals surface area contributed by atoms with Crippen LogP contribution in [0.25, 0.3) is 0 Å². The summed E-state index contributed by atoms with van der Waals surface area (Å²) in [6.07, 6.45) is 0. The fraction of sp³-hybridized carbons (Fsp3) is 0.154. The Morgan fingerprint density at radius 1 is 1.43 bits per heavy atom. The molecule has 0 bridgehead atoms. The highest BCUT2D eigenvalue weighted by Crippen LogP contribution is 2.23. The first kappa shape index (κ1) is 14.9. The third-order valence-corrected chi connectivity index (χ3v) is 2.76. The fourth-order valence-corrected chi connectivity index (χ4v) is 1.71. The first-order chi connectivity index (χ1) is 9.95. The van der Waals surface area contributed by atoms with Crippen molar-refractivity contribution in [2.45, 2.75) is 6.92 Å². The van der Waals surface area contributed by atoms with Crippen LogP contribution in [0.3, 0.4) is 0 Å². The largest absolute Gasteiger partial charge is 0.478 e. The second-order valence-corrected chi connectivity index (χ2v) is 4.52. The van der Waals surface area contributed by atoms with E-state index in [1.165, 1.54) is 18.2 Å². The second-order valence-electron chi connectivity index (χ2n) is 4.11. The summed E-state index contributed by atoms with van der Waals surface area (Å²) in [7, 11) is 0. The molecule has 0 aliphatic carbocycles. The molecular weight excluding hydrogens is 300 g/mol. The van der Waals surface area contributed by atoms with Crippen molar-refractivity contribution >= 4 is 29.2 Å². The molecule has 2 rings (SSSR count). The van der Waals surface area contributed by atoms with Crippen LogP contribution < -0.4 is 10.1 Å². The van der Waals surface area contributed by atoms with Crippen LogP contribution in [0.4, 0.5) is 5.69 Å². The molecule has 8 heteroatoms. The van der Waals surface area contributed by atoms with Crippen molar-refractivity contribution in [3.63, 3.8) is 0 Å². The summed E-state index contributed by atoms with van der Waals surface area (Å²) in [6.45, 7) is 1.42. The van der Waals surface area contributed by atoms with E-state index in [0.29, 0.717) is 11.4 Å². The Morgan fingerprint density at radius 3 is 2.76 bits per heavy atom. The van der Waals surface area contributed by atoms with Crippen LogP contribution in [0.1, 0.15) is 16.1 Å². The van der Waals surface area contributed by atoms with Crippen molar-refractivity contribution in [2.75, 3.05) is 11.9 Å². The molecule has 0 saturated heterocycles. The maximum absolute atomic E-state index is 11.7. The summed E-state index contributed by atoms with van der Waals surface area (Å²) < 4.78 is 9.89. The number of hydrogen-bond acceptors (Lipinski definition) is 5. The minimum atomic E-state index is -1.10. The monoisotopic (exact) mass is 310 g/mol. The number of halogens is 1. The highest BCUT2D eigenvalue weighted by atomic mass is 35.5. The lowest BCUT2D eigenvalue weighted by atomic mass is 10.2. The zero-order chi connectivity index (χ0) is 15.4. The number of nitrogens with zero attached hydrogens (tertiary/aromatic N) is 1. The van der Waals surface area contributed by atoms with E-state index >= 15 is 0 Å². The lowest BCUT2D eigenvalue weighted by Gasteiger charge is -2.07. The zero-order valence-corrected chi connectivity index (χ0v) is 11.7. The molecule has 0 saturated carbocycles. The molecule has 0 fully saturated rings. The first-order valence-corrected chi connectivity index (χ1v) is 6.22. The Kier molecular flexibility index (Phi) is 4.44. The van der Waals surface area contributed by atoms with E-state index < -0.39 is 11.9 Å². The lowest BCUT2D eigenvalue weighted by molar-refractivity contribution is -0.118. The molecule has 7 nitrogen and oxygen atoms in total. The fourth-order valence-electron chi connectivity index (χ4n) is 1.49. The Bertz CT molecular complexity index is 683. The number of ether oxygens (including phenoxy) is 1. The molecule has 2 N–H and O–H groups in total. The highest BCUT2D eigenvalue weighted by Gasteiger charge is 2.11. The van der Waals surface area contributed by atoms with E-state index in [2.05, 4.69) is 10.5 Å². The van der Waals surface area contributed by atoms with Gasteiger partial charge in [-0.2, -0.15) is 0 Å². The maximum atomic E-state index is 11.7. The molecule has 110 valence electrons. The molecule has 0 aliphatic rings. The van der Waals surface area contributed by atoms with Gasteiger partial charge in [-0.15, -0.1) is 0 Å². The molecule has 1 aromatic heterocycles. The molecule has 2 aromatic rings. The van der Waals surface area contributed by atoms with Crippen LogP contribution in [0.5, 0.6) is 5.88 Å². The lowest BCUT2D eigenvalue weighted by Crippen LogP contribution is -2.20. The summed E-state index contributed by atoms with van der Waals surface area (Å²) in [4.78, 5) is 22.5. The molecule has 0 spiro atoms. The van der Waals surface area contributed by atoms with Crippen molar-refractivity contribution in [1.82, 2.24) is 5.16 Å². The Hall–Kier alpha value is -2.54. The smallest absolute Gasteiger partial charge is 0.335 e. The molecule has 0 unspecified atom stereocenters. The van der Waals surface area contributed by atoms with E-state index in [1.807, 2.05) is 0 Å². The van der Waals surface area contributed by atoms with Crippen molar-refractivity contribution in [3.05, 3.63) is 40.6 Å². The van der Waals surface area contributed by atoms with Gasteiger partial charge in [0.1, 0.15) is 5.76 Å². The molecule has 0 aliphatic heterocycles. The van der Waals surface area contributed by atoms with E-state index in [-0.39, 0.29) is 23.1 Å². The van der Waals surface area contributed by atoms with Gasteiger partial charge in [-0.1, -0.05) is 11.6 Å². The van der Waals surface area contributed by atoms with Crippen LogP contribution in [0.2, 0.25) is 5.02 Å². The third-order valence-electron chi connectivity index (χ3n) is 2.45. The Balaban J connectivity index is 1.94. The van der Waals surface area contributed by atoms with Crippen LogP contribution >= 0.6 is 11.6 Å². The summed E-state index contributed by atoms with van der Waals surface area (Å²) in [5.41, 5.74) is 0.332. The van der Waals surface area contributed by atoms with E-state index in [9.17, 15) is 9.59 Å². The molecule has 0 radical (unpaired) electrons. The van der Waals surface area contributed by atoms with E-state index in [1.54, 1.807) is 13.0 Å². The number of rotatable bonds is 5. The Labute approximate surface area is 124 Å². The minimum absolute atomic E-state index is 0.0346. The van der Waals surface area contributed by atoms with Gasteiger partial charge in [-0.3, -0.25) is 4.79 Å². The van der Waals surface area contributed by atoms with Crippen molar-refractivity contribution < 1.29 is 24.0 Å². The van der Waals surface area contributed by atoms with Gasteiger partial charge >= 0.3 is 5.97 Å². The van der Waals surface area contributed by atoms with Crippen molar-refractivity contribution in [2.24, 2.45) is 0 Å². The average Bonchev–Trinajstić information content (AvgIpc) is 2.84. The Morgan fingerprint density at radius 2 is 2.19 bits per heavy atom. The third kappa shape index (κ3) is 3.96. The summed E-state index contributed by atoms with van der Waals surface area (Å²) in [5, 5.41) is 15.0. The van der Waals surface area contributed by atoms with Crippen molar-refractivity contribution in [3.8, 4) is 5.88 Å². The van der Waals surface area contributed by atoms with E-state index in [0.717, 1.165) is 0 Å². The van der Waals surface area contributed by atoms with Gasteiger partial charge in [0.15, 0.2) is 6.61 Å². The molecule has 1 aromatic carbocycles. The number of amides is 1. The van der Waals surface area contributed by atoms with Gasteiger partial charge in [0.2, 0.25) is 0 Å². The summed E-state index contributed by atoms with van der Waals surface area (Å²) in [6, 6.07) is 5.54. The molecule has 21 heavy (non-hydrogen) atoms. The SMILES string of the molecule is Cc1cc(OCC(=O)Nc2ccc(C(=O)O)cc2Cl)no1. The van der Waals surface area contributed by atoms with Crippen molar-refractivity contribution in [1.29, 1.82) is 0 Å². The number of aromatic carboxylic acids is 1. The van der Waals surface area contributed by atoms with Crippen LogP contribution in [-0.4, -0.2) is 28.7 Å². The molecule has 0 atom stereocenters. The van der Waals surface area contributed by atoms with Crippen LogP contribution in [0, 0.1) is 6.92 Å². The minimum Gasteiger partial charge on any atom is -0.478 e. The van der Waals surface area contributed by atoms with Gasteiger partial charge in [0, 0.05) is 6.07 Å². The predicted molar refractivity (Wildman–Crippen MR) is 73.8 cm³/mol.